The molecule has 6 heterocycles. The van der Waals surface area contributed by atoms with Crippen molar-refractivity contribution in [3.8, 4) is 22.5 Å². The van der Waals surface area contributed by atoms with Crippen LogP contribution >= 0.6 is 11.3 Å². The highest BCUT2D eigenvalue weighted by Gasteiger charge is 2.27. The molecule has 208 valence electrons. The predicted octanol–water partition coefficient (Wildman–Crippen LogP) is 4.71. The molecule has 12 heteroatoms. The number of anilines is 1. The van der Waals surface area contributed by atoms with Gasteiger partial charge in [0.1, 0.15) is 0 Å². The van der Waals surface area contributed by atoms with Gasteiger partial charge in [0.15, 0.2) is 17.3 Å². The van der Waals surface area contributed by atoms with Crippen molar-refractivity contribution in [2.45, 2.75) is 18.7 Å². The second-order valence-electron chi connectivity index (χ2n) is 10.2. The average molecular weight is 586 g/mol. The second-order valence-corrected chi connectivity index (χ2v) is 12.9. The summed E-state index contributed by atoms with van der Waals surface area (Å²) in [6.07, 6.45) is 6.99. The zero-order valence-corrected chi connectivity index (χ0v) is 24.1. The van der Waals surface area contributed by atoms with Crippen molar-refractivity contribution in [2.24, 2.45) is 7.05 Å². The van der Waals surface area contributed by atoms with Crippen LogP contribution in [0.25, 0.3) is 43.8 Å². The molecule has 0 spiro atoms. The molecule has 41 heavy (non-hydrogen) atoms. The van der Waals surface area contributed by atoms with Crippen LogP contribution in [0.3, 0.4) is 0 Å². The third kappa shape index (κ3) is 4.57. The molecule has 0 amide bonds. The Hall–Kier alpha value is -4.13. The Morgan fingerprint density at radius 3 is 2.73 bits per heavy atom. The molecular formula is C29H27N7O3S2. The van der Waals surface area contributed by atoms with Gasteiger partial charge in [-0.25, -0.2) is 27.3 Å². The molecule has 10 nitrogen and oxygen atoms in total. The summed E-state index contributed by atoms with van der Waals surface area (Å²) in [5.41, 5.74) is 4.57. The normalized spacial score (nSPS) is 16.1. The number of thiophene rings is 1. The van der Waals surface area contributed by atoms with E-state index in [9.17, 15) is 8.42 Å². The topological polar surface area (TPSA) is 108 Å². The summed E-state index contributed by atoms with van der Waals surface area (Å²) >= 11 is 1.62. The summed E-state index contributed by atoms with van der Waals surface area (Å²) in [6.45, 7) is 4.08. The standard InChI is InChI=1S/C29H27N7O3S2/c1-19-16-39-13-12-35(19)29-26-25(24(17-40-26)21-14-31-34(2)15-21)32-27(33-29)22-8-10-30-28-23(22)9-11-36(28)41(37,38)18-20-6-4-3-5-7-20/h3-11,14-15,17,19H,12-13,16,18H2,1-2H3/t19-/m1/s1. The van der Waals surface area contributed by atoms with Crippen LogP contribution in [0.1, 0.15) is 12.5 Å². The molecule has 1 aliphatic heterocycles. The van der Waals surface area contributed by atoms with Crippen LogP contribution in [0.5, 0.6) is 0 Å². The number of morpholine rings is 1. The first-order chi connectivity index (χ1) is 19.9. The van der Waals surface area contributed by atoms with Crippen LogP contribution in [-0.4, -0.2) is 62.9 Å². The molecular weight excluding hydrogens is 558 g/mol. The van der Waals surface area contributed by atoms with Crippen LogP contribution in [-0.2, 0) is 27.6 Å². The summed E-state index contributed by atoms with van der Waals surface area (Å²) in [7, 11) is -1.82. The molecule has 1 aromatic carbocycles. The smallest absolute Gasteiger partial charge is 0.244 e. The van der Waals surface area contributed by atoms with E-state index in [2.05, 4.69) is 27.3 Å². The fourth-order valence-corrected chi connectivity index (χ4v) is 7.74. The molecule has 1 aliphatic rings. The van der Waals surface area contributed by atoms with Crippen LogP contribution < -0.4 is 4.90 Å². The van der Waals surface area contributed by atoms with Gasteiger partial charge in [0.05, 0.1) is 41.4 Å². The Bertz CT molecular complexity index is 2000. The Morgan fingerprint density at radius 2 is 1.95 bits per heavy atom. The van der Waals surface area contributed by atoms with E-state index in [1.807, 2.05) is 43.7 Å². The fraction of sp³-hybridized carbons (Fsp3) is 0.241. The van der Waals surface area contributed by atoms with Gasteiger partial charge in [-0.3, -0.25) is 4.68 Å². The quantitative estimate of drug-likeness (QED) is 0.277. The maximum Gasteiger partial charge on any atom is 0.244 e. The molecule has 6 aromatic rings. The summed E-state index contributed by atoms with van der Waals surface area (Å²) in [6, 6.07) is 12.9. The van der Waals surface area contributed by atoms with Gasteiger partial charge < -0.3 is 9.64 Å². The summed E-state index contributed by atoms with van der Waals surface area (Å²) in [4.78, 5) is 16.9. The molecule has 5 aromatic heterocycles. The summed E-state index contributed by atoms with van der Waals surface area (Å²) in [5, 5.41) is 7.13. The number of aryl methyl sites for hydroxylation is 1. The monoisotopic (exact) mass is 585 g/mol. The number of ether oxygens (including phenoxy) is 1. The summed E-state index contributed by atoms with van der Waals surface area (Å²) in [5.74, 6) is 1.23. The van der Waals surface area contributed by atoms with Gasteiger partial charge >= 0.3 is 0 Å². The largest absolute Gasteiger partial charge is 0.377 e. The highest BCUT2D eigenvalue weighted by atomic mass is 32.2. The number of aromatic nitrogens is 6. The number of hydrogen-bond donors (Lipinski definition) is 0. The lowest BCUT2D eigenvalue weighted by Gasteiger charge is -2.34. The molecule has 0 bridgehead atoms. The number of rotatable bonds is 6. The van der Waals surface area contributed by atoms with Gasteiger partial charge in [-0.15, -0.1) is 11.3 Å². The van der Waals surface area contributed by atoms with Crippen LogP contribution in [0, 0.1) is 0 Å². The molecule has 0 aliphatic carbocycles. The van der Waals surface area contributed by atoms with Crippen molar-refractivity contribution < 1.29 is 13.2 Å². The van der Waals surface area contributed by atoms with E-state index in [0.29, 0.717) is 42.2 Å². The van der Waals surface area contributed by atoms with Gasteiger partial charge in [-0.1, -0.05) is 30.3 Å². The Kier molecular flexibility index (Phi) is 6.33. The van der Waals surface area contributed by atoms with E-state index >= 15 is 0 Å². The molecule has 0 saturated carbocycles. The summed E-state index contributed by atoms with van der Waals surface area (Å²) < 4.78 is 36.6. The van der Waals surface area contributed by atoms with E-state index in [1.165, 1.54) is 3.97 Å². The second kappa shape index (κ2) is 10.1. The molecule has 0 N–H and O–H groups in total. The van der Waals surface area contributed by atoms with Crippen molar-refractivity contribution in [1.82, 2.24) is 28.7 Å². The van der Waals surface area contributed by atoms with E-state index in [0.717, 1.165) is 32.7 Å². The Morgan fingerprint density at radius 1 is 1.10 bits per heavy atom. The van der Waals surface area contributed by atoms with Crippen LogP contribution in [0.15, 0.2) is 72.6 Å². The molecule has 0 radical (unpaired) electrons. The maximum atomic E-state index is 13.4. The lowest BCUT2D eigenvalue weighted by Crippen LogP contribution is -2.44. The van der Waals surface area contributed by atoms with Gasteiger partial charge in [-0.05, 0) is 24.6 Å². The molecule has 1 saturated heterocycles. The number of hydrogen-bond acceptors (Lipinski definition) is 9. The Balaban J connectivity index is 1.40. The van der Waals surface area contributed by atoms with Crippen molar-refractivity contribution in [3.05, 3.63) is 78.2 Å². The molecule has 7 rings (SSSR count). The zero-order chi connectivity index (χ0) is 28.1. The predicted molar refractivity (Wildman–Crippen MR) is 160 cm³/mol. The highest BCUT2D eigenvalue weighted by molar-refractivity contribution is 7.89. The lowest BCUT2D eigenvalue weighted by molar-refractivity contribution is 0.0987. The number of benzene rings is 1. The third-order valence-corrected chi connectivity index (χ3v) is 9.90. The average Bonchev–Trinajstić information content (AvgIpc) is 3.71. The third-order valence-electron chi connectivity index (χ3n) is 7.34. The van der Waals surface area contributed by atoms with Crippen molar-refractivity contribution >= 4 is 48.4 Å². The first kappa shape index (κ1) is 25.8. The van der Waals surface area contributed by atoms with Crippen LogP contribution in [0.4, 0.5) is 5.82 Å². The van der Waals surface area contributed by atoms with E-state index in [-0.39, 0.29) is 11.8 Å². The van der Waals surface area contributed by atoms with E-state index < -0.39 is 10.0 Å². The zero-order valence-electron chi connectivity index (χ0n) is 22.5. The van der Waals surface area contributed by atoms with Crippen molar-refractivity contribution in [2.75, 3.05) is 24.7 Å². The molecule has 1 atom stereocenters. The minimum absolute atomic E-state index is 0.131. The SMILES string of the molecule is C[C@@H]1COCCN1c1nc(-c2ccnc3c2ccn3S(=O)(=O)Cc2ccccc2)nc2c(-c3cnn(C)c3)csc12. The number of pyridine rings is 1. The van der Waals surface area contributed by atoms with E-state index in [4.69, 9.17) is 14.7 Å². The number of fused-ring (bicyclic) bond motifs is 2. The van der Waals surface area contributed by atoms with Crippen molar-refractivity contribution in [1.29, 1.82) is 0 Å². The first-order valence-corrected chi connectivity index (χ1v) is 15.7. The Labute approximate surface area is 240 Å². The van der Waals surface area contributed by atoms with Gasteiger partial charge in [-0.2, -0.15) is 5.10 Å². The lowest BCUT2D eigenvalue weighted by atomic mass is 10.1. The molecule has 0 unspecified atom stereocenters. The van der Waals surface area contributed by atoms with Crippen LogP contribution in [0.2, 0.25) is 0 Å². The van der Waals surface area contributed by atoms with E-state index in [1.54, 1.807) is 46.6 Å². The number of nitrogens with zero attached hydrogens (tertiary/aromatic N) is 7. The minimum Gasteiger partial charge on any atom is -0.377 e. The van der Waals surface area contributed by atoms with Gasteiger partial charge in [0, 0.05) is 59.6 Å². The van der Waals surface area contributed by atoms with Gasteiger partial charge in [0.25, 0.3) is 0 Å². The van der Waals surface area contributed by atoms with Crippen molar-refractivity contribution in [3.63, 3.8) is 0 Å². The molecule has 1 fully saturated rings. The minimum atomic E-state index is -3.71. The highest BCUT2D eigenvalue weighted by Crippen LogP contribution is 2.40. The maximum absolute atomic E-state index is 13.4. The van der Waals surface area contributed by atoms with Gasteiger partial charge in [0.2, 0.25) is 10.0 Å². The first-order valence-electron chi connectivity index (χ1n) is 13.3. The fourth-order valence-electron chi connectivity index (χ4n) is 5.31.